The first kappa shape index (κ1) is 18.5. The van der Waals surface area contributed by atoms with Gasteiger partial charge in [-0.3, -0.25) is 9.52 Å². The summed E-state index contributed by atoms with van der Waals surface area (Å²) in [5.41, 5.74) is 0.174. The van der Waals surface area contributed by atoms with Crippen LogP contribution in [0.4, 0.5) is 20.2 Å². The summed E-state index contributed by atoms with van der Waals surface area (Å²) in [6.07, 6.45) is 0. The van der Waals surface area contributed by atoms with Gasteiger partial charge in [-0.15, -0.1) is 0 Å². The van der Waals surface area contributed by atoms with Crippen LogP contribution in [-0.4, -0.2) is 14.3 Å². The zero-order valence-electron chi connectivity index (χ0n) is 13.8. The van der Waals surface area contributed by atoms with E-state index in [9.17, 15) is 22.0 Å². The Morgan fingerprint density at radius 1 is 0.852 bits per heavy atom. The number of para-hydroxylation sites is 1. The van der Waals surface area contributed by atoms with Crippen molar-refractivity contribution in [3.05, 3.63) is 90.0 Å². The summed E-state index contributed by atoms with van der Waals surface area (Å²) >= 11 is 0. The second-order valence-corrected chi connectivity index (χ2v) is 7.26. The van der Waals surface area contributed by atoms with Crippen molar-refractivity contribution in [3.8, 4) is 0 Å². The number of nitrogens with one attached hydrogen (secondary N) is 2. The largest absolute Gasteiger partial charge is 0.319 e. The summed E-state index contributed by atoms with van der Waals surface area (Å²) in [5, 5.41) is 2.29. The molecule has 2 N–H and O–H groups in total. The Bertz CT molecular complexity index is 1090. The summed E-state index contributed by atoms with van der Waals surface area (Å²) in [6, 6.07) is 16.3. The minimum atomic E-state index is -3.91. The van der Waals surface area contributed by atoms with Crippen LogP contribution in [0.1, 0.15) is 10.4 Å². The van der Waals surface area contributed by atoms with Crippen LogP contribution in [-0.2, 0) is 10.0 Å². The maximum absolute atomic E-state index is 13.7. The number of anilines is 2. The molecule has 0 aliphatic carbocycles. The van der Waals surface area contributed by atoms with Gasteiger partial charge in [-0.05, 0) is 42.5 Å². The highest BCUT2D eigenvalue weighted by molar-refractivity contribution is 7.92. The highest BCUT2D eigenvalue weighted by Crippen LogP contribution is 2.19. The van der Waals surface area contributed by atoms with E-state index in [0.29, 0.717) is 11.8 Å². The number of hydrogen-bond donors (Lipinski definition) is 2. The Hall–Kier alpha value is -3.26. The van der Waals surface area contributed by atoms with Crippen LogP contribution < -0.4 is 10.0 Å². The third kappa shape index (κ3) is 4.48. The average molecular weight is 388 g/mol. The Balaban J connectivity index is 1.83. The molecule has 3 rings (SSSR count). The molecule has 5 nitrogen and oxygen atoms in total. The monoisotopic (exact) mass is 388 g/mol. The SMILES string of the molecule is O=C(Nc1ccc(F)cc1F)c1cccc(S(=O)(=O)Nc2ccccc2)c1. The highest BCUT2D eigenvalue weighted by atomic mass is 32.2. The Labute approximate surface area is 154 Å². The van der Waals surface area contributed by atoms with Gasteiger partial charge in [0.2, 0.25) is 0 Å². The van der Waals surface area contributed by atoms with Crippen molar-refractivity contribution >= 4 is 27.3 Å². The first-order valence-electron chi connectivity index (χ1n) is 7.79. The zero-order valence-corrected chi connectivity index (χ0v) is 14.6. The molecule has 0 heterocycles. The van der Waals surface area contributed by atoms with E-state index in [-0.39, 0.29) is 16.1 Å². The maximum atomic E-state index is 13.7. The molecule has 0 saturated carbocycles. The number of benzene rings is 3. The molecule has 0 bridgehead atoms. The second-order valence-electron chi connectivity index (χ2n) is 5.58. The molecule has 0 fully saturated rings. The van der Waals surface area contributed by atoms with E-state index in [1.807, 2.05) is 0 Å². The lowest BCUT2D eigenvalue weighted by Crippen LogP contribution is -2.16. The van der Waals surface area contributed by atoms with Gasteiger partial charge in [0.25, 0.3) is 15.9 Å². The van der Waals surface area contributed by atoms with E-state index >= 15 is 0 Å². The van der Waals surface area contributed by atoms with Crippen molar-refractivity contribution in [2.75, 3.05) is 10.0 Å². The molecular formula is C19H14F2N2O3S. The van der Waals surface area contributed by atoms with Gasteiger partial charge in [0.1, 0.15) is 11.6 Å². The van der Waals surface area contributed by atoms with E-state index in [2.05, 4.69) is 10.0 Å². The van der Waals surface area contributed by atoms with Gasteiger partial charge in [0.15, 0.2) is 0 Å². The van der Waals surface area contributed by atoms with Crippen LogP contribution in [0.2, 0.25) is 0 Å². The molecule has 0 aliphatic heterocycles. The fourth-order valence-electron chi connectivity index (χ4n) is 2.31. The predicted molar refractivity (Wildman–Crippen MR) is 98.0 cm³/mol. The Morgan fingerprint density at radius 2 is 1.59 bits per heavy atom. The van der Waals surface area contributed by atoms with Gasteiger partial charge >= 0.3 is 0 Å². The van der Waals surface area contributed by atoms with E-state index in [0.717, 1.165) is 12.1 Å². The van der Waals surface area contributed by atoms with Gasteiger partial charge in [-0.2, -0.15) is 0 Å². The summed E-state index contributed by atoms with van der Waals surface area (Å²) in [7, 11) is -3.91. The summed E-state index contributed by atoms with van der Waals surface area (Å²) in [6.45, 7) is 0. The summed E-state index contributed by atoms with van der Waals surface area (Å²) in [4.78, 5) is 12.2. The van der Waals surface area contributed by atoms with Crippen molar-refractivity contribution in [1.82, 2.24) is 0 Å². The van der Waals surface area contributed by atoms with Crippen LogP contribution in [0.5, 0.6) is 0 Å². The average Bonchev–Trinajstić information content (AvgIpc) is 2.64. The fourth-order valence-corrected chi connectivity index (χ4v) is 3.41. The quantitative estimate of drug-likeness (QED) is 0.693. The lowest BCUT2D eigenvalue weighted by molar-refractivity contribution is 0.102. The molecule has 3 aromatic rings. The molecule has 0 aromatic heterocycles. The molecule has 0 atom stereocenters. The van der Waals surface area contributed by atoms with Crippen LogP contribution in [0.25, 0.3) is 0 Å². The number of carbonyl (C=O) groups excluding carboxylic acids is 1. The molecule has 27 heavy (non-hydrogen) atoms. The van der Waals surface area contributed by atoms with Gasteiger partial charge in [0, 0.05) is 17.3 Å². The van der Waals surface area contributed by atoms with E-state index in [4.69, 9.17) is 0 Å². The van der Waals surface area contributed by atoms with Gasteiger partial charge in [-0.25, -0.2) is 17.2 Å². The van der Waals surface area contributed by atoms with Crippen molar-refractivity contribution in [1.29, 1.82) is 0 Å². The molecule has 3 aromatic carbocycles. The van der Waals surface area contributed by atoms with Crippen molar-refractivity contribution in [2.24, 2.45) is 0 Å². The van der Waals surface area contributed by atoms with Crippen LogP contribution in [0.15, 0.2) is 77.7 Å². The number of sulfonamides is 1. The number of rotatable bonds is 5. The number of carbonyl (C=O) groups is 1. The third-order valence-electron chi connectivity index (χ3n) is 3.61. The minimum absolute atomic E-state index is 0.00895. The summed E-state index contributed by atoms with van der Waals surface area (Å²) in [5.74, 6) is -2.43. The smallest absolute Gasteiger partial charge is 0.261 e. The molecule has 1 amide bonds. The number of halogens is 2. The molecular weight excluding hydrogens is 374 g/mol. The van der Waals surface area contributed by atoms with E-state index < -0.39 is 27.6 Å². The predicted octanol–water partition coefficient (Wildman–Crippen LogP) is 4.02. The first-order chi connectivity index (χ1) is 12.8. The van der Waals surface area contributed by atoms with Gasteiger partial charge in [0.05, 0.1) is 10.6 Å². The standard InChI is InChI=1S/C19H14F2N2O3S/c20-14-9-10-18(17(21)12-14)22-19(24)13-5-4-8-16(11-13)27(25,26)23-15-6-2-1-3-7-15/h1-12,23H,(H,22,24). The van der Waals surface area contributed by atoms with Crippen molar-refractivity contribution in [2.45, 2.75) is 4.90 Å². The first-order valence-corrected chi connectivity index (χ1v) is 9.28. The highest BCUT2D eigenvalue weighted by Gasteiger charge is 2.17. The van der Waals surface area contributed by atoms with Crippen molar-refractivity contribution < 1.29 is 22.0 Å². The molecule has 0 saturated heterocycles. The molecule has 8 heteroatoms. The minimum Gasteiger partial charge on any atom is -0.319 e. The Kier molecular flexibility index (Phi) is 5.18. The van der Waals surface area contributed by atoms with E-state index in [1.165, 1.54) is 24.3 Å². The zero-order chi connectivity index (χ0) is 19.4. The topological polar surface area (TPSA) is 75.3 Å². The van der Waals surface area contributed by atoms with Gasteiger partial charge in [-0.1, -0.05) is 24.3 Å². The molecule has 0 aliphatic rings. The lowest BCUT2D eigenvalue weighted by atomic mass is 10.2. The van der Waals surface area contributed by atoms with Crippen molar-refractivity contribution in [3.63, 3.8) is 0 Å². The summed E-state index contributed by atoms with van der Waals surface area (Å²) < 4.78 is 54.0. The molecule has 0 radical (unpaired) electrons. The fraction of sp³-hybridized carbons (Fsp3) is 0. The Morgan fingerprint density at radius 3 is 2.30 bits per heavy atom. The lowest BCUT2D eigenvalue weighted by Gasteiger charge is -2.10. The maximum Gasteiger partial charge on any atom is 0.261 e. The van der Waals surface area contributed by atoms with Crippen LogP contribution in [0.3, 0.4) is 0 Å². The number of hydrogen-bond acceptors (Lipinski definition) is 3. The van der Waals surface area contributed by atoms with Crippen LogP contribution in [0, 0.1) is 11.6 Å². The second kappa shape index (κ2) is 7.55. The number of amides is 1. The van der Waals surface area contributed by atoms with E-state index in [1.54, 1.807) is 30.3 Å². The normalized spacial score (nSPS) is 11.0. The van der Waals surface area contributed by atoms with Gasteiger partial charge < -0.3 is 5.32 Å². The molecule has 0 unspecified atom stereocenters. The molecule has 138 valence electrons. The van der Waals surface area contributed by atoms with Crippen LogP contribution >= 0.6 is 0 Å². The third-order valence-corrected chi connectivity index (χ3v) is 4.99. The molecule has 0 spiro atoms.